The number of oxime groups is 1. The Morgan fingerprint density at radius 3 is 2.80 bits per heavy atom. The summed E-state index contributed by atoms with van der Waals surface area (Å²) in [5.74, 6) is 0.0866. The van der Waals surface area contributed by atoms with E-state index in [4.69, 9.17) is 22.5 Å². The maximum Gasteiger partial charge on any atom is 0.172 e. The van der Waals surface area contributed by atoms with Crippen LogP contribution in [0.4, 0.5) is 5.69 Å². The molecule has 4 nitrogen and oxygen atoms in total. The number of benzene rings is 1. The summed E-state index contributed by atoms with van der Waals surface area (Å²) in [7, 11) is 1.95. The Morgan fingerprint density at radius 2 is 2.20 bits per heavy atom. The Labute approximate surface area is 134 Å². The number of nitrogens with zero attached hydrogens (tertiary/aromatic N) is 2. The zero-order chi connectivity index (χ0) is 14.7. The molecule has 20 heavy (non-hydrogen) atoms. The van der Waals surface area contributed by atoms with Crippen LogP contribution in [-0.4, -0.2) is 18.1 Å². The molecule has 1 heterocycles. The second-order valence-electron chi connectivity index (χ2n) is 4.21. The van der Waals surface area contributed by atoms with E-state index in [-0.39, 0.29) is 5.84 Å². The molecule has 0 unspecified atom stereocenters. The quantitative estimate of drug-likeness (QED) is 0.369. The summed E-state index contributed by atoms with van der Waals surface area (Å²) in [6, 6.07) is 9.47. The average molecular weight is 375 g/mol. The van der Waals surface area contributed by atoms with Gasteiger partial charge >= 0.3 is 0 Å². The first kappa shape index (κ1) is 15.2. The van der Waals surface area contributed by atoms with E-state index in [9.17, 15) is 0 Å². The summed E-state index contributed by atoms with van der Waals surface area (Å²) >= 11 is 10.9. The van der Waals surface area contributed by atoms with E-state index in [1.54, 1.807) is 0 Å². The number of anilines is 1. The molecule has 3 N–H and O–H groups in total. The number of nitrogens with two attached hydrogens (primary N) is 1. The van der Waals surface area contributed by atoms with Crippen molar-refractivity contribution in [1.82, 2.24) is 0 Å². The van der Waals surface area contributed by atoms with Crippen molar-refractivity contribution in [3.8, 4) is 0 Å². The van der Waals surface area contributed by atoms with Gasteiger partial charge in [-0.05, 0) is 30.3 Å². The van der Waals surface area contributed by atoms with Crippen molar-refractivity contribution in [1.29, 1.82) is 0 Å². The highest BCUT2D eigenvalue weighted by Gasteiger charge is 2.13. The number of halogens is 2. The topological polar surface area (TPSA) is 61.8 Å². The molecule has 0 radical (unpaired) electrons. The van der Waals surface area contributed by atoms with Crippen LogP contribution in [0.3, 0.4) is 0 Å². The maximum atomic E-state index is 8.87. The molecular formula is C13H13BrClN3OS. The third-order valence-electron chi connectivity index (χ3n) is 2.78. The Bertz CT molecular complexity index is 644. The molecule has 2 aromatic rings. The van der Waals surface area contributed by atoms with E-state index in [1.165, 1.54) is 11.3 Å². The molecule has 1 aromatic heterocycles. The molecule has 2 rings (SSSR count). The van der Waals surface area contributed by atoms with Crippen LogP contribution in [0.25, 0.3) is 0 Å². The molecule has 0 amide bonds. The first-order chi connectivity index (χ1) is 9.51. The van der Waals surface area contributed by atoms with Gasteiger partial charge in [-0.1, -0.05) is 32.7 Å². The van der Waals surface area contributed by atoms with E-state index in [0.29, 0.717) is 12.1 Å². The predicted molar refractivity (Wildman–Crippen MR) is 88.1 cm³/mol. The fraction of sp³-hybridized carbons (Fsp3) is 0.154. The lowest BCUT2D eigenvalue weighted by atomic mass is 10.1. The second-order valence-corrected chi connectivity index (χ2v) is 6.92. The van der Waals surface area contributed by atoms with Crippen molar-refractivity contribution < 1.29 is 5.21 Å². The lowest BCUT2D eigenvalue weighted by molar-refractivity contribution is 0.318. The molecule has 106 valence electrons. The Morgan fingerprint density at radius 1 is 1.45 bits per heavy atom. The number of rotatable bonds is 4. The molecule has 0 aliphatic heterocycles. The molecule has 7 heteroatoms. The Balaban J connectivity index is 2.32. The van der Waals surface area contributed by atoms with Gasteiger partial charge < -0.3 is 15.8 Å². The maximum absolute atomic E-state index is 8.87. The van der Waals surface area contributed by atoms with E-state index in [2.05, 4.69) is 21.1 Å². The third kappa shape index (κ3) is 3.45. The highest BCUT2D eigenvalue weighted by Crippen LogP contribution is 2.28. The fourth-order valence-corrected chi connectivity index (χ4v) is 3.34. The Kier molecular flexibility index (Phi) is 4.91. The van der Waals surface area contributed by atoms with Gasteiger partial charge in [0.1, 0.15) is 0 Å². The minimum Gasteiger partial charge on any atom is -0.409 e. The largest absolute Gasteiger partial charge is 0.409 e. The summed E-state index contributed by atoms with van der Waals surface area (Å²) < 4.78 is 1.69. The van der Waals surface area contributed by atoms with Crippen LogP contribution in [0.5, 0.6) is 0 Å². The summed E-state index contributed by atoms with van der Waals surface area (Å²) in [4.78, 5) is 3.17. The van der Waals surface area contributed by atoms with Crippen LogP contribution >= 0.6 is 38.9 Å². The molecule has 1 aromatic carbocycles. The van der Waals surface area contributed by atoms with Crippen molar-refractivity contribution in [3.63, 3.8) is 0 Å². The van der Waals surface area contributed by atoms with Gasteiger partial charge in [-0.2, -0.15) is 0 Å². The van der Waals surface area contributed by atoms with Crippen molar-refractivity contribution in [2.75, 3.05) is 11.9 Å². The minimum absolute atomic E-state index is 0.0866. The van der Waals surface area contributed by atoms with Crippen LogP contribution < -0.4 is 10.6 Å². The number of hydrogen-bond donors (Lipinski definition) is 2. The molecular weight excluding hydrogens is 362 g/mol. The zero-order valence-corrected chi connectivity index (χ0v) is 13.8. The van der Waals surface area contributed by atoms with Gasteiger partial charge in [-0.25, -0.2) is 0 Å². The zero-order valence-electron chi connectivity index (χ0n) is 10.7. The van der Waals surface area contributed by atoms with Gasteiger partial charge in [-0.15, -0.1) is 11.3 Å². The fourth-order valence-electron chi connectivity index (χ4n) is 1.85. The van der Waals surface area contributed by atoms with Gasteiger partial charge in [0.25, 0.3) is 0 Å². The van der Waals surface area contributed by atoms with Crippen LogP contribution in [0.15, 0.2) is 40.0 Å². The van der Waals surface area contributed by atoms with Crippen LogP contribution in [0.1, 0.15) is 10.4 Å². The lowest BCUT2D eigenvalue weighted by Gasteiger charge is -2.21. The second kappa shape index (κ2) is 6.47. The molecule has 0 bridgehead atoms. The molecule has 0 atom stereocenters. The number of amidine groups is 1. The highest BCUT2D eigenvalue weighted by atomic mass is 79.9. The first-order valence-corrected chi connectivity index (χ1v) is 7.73. The summed E-state index contributed by atoms with van der Waals surface area (Å²) in [5, 5.41) is 12.0. The first-order valence-electron chi connectivity index (χ1n) is 5.74. The molecule has 0 spiro atoms. The van der Waals surface area contributed by atoms with E-state index < -0.39 is 0 Å². The third-order valence-corrected chi connectivity index (χ3v) is 4.49. The van der Waals surface area contributed by atoms with Gasteiger partial charge in [-0.3, -0.25) is 0 Å². The van der Waals surface area contributed by atoms with Crippen molar-refractivity contribution in [3.05, 3.63) is 49.6 Å². The van der Waals surface area contributed by atoms with Gasteiger partial charge in [0, 0.05) is 27.6 Å². The average Bonchev–Trinajstić information content (AvgIpc) is 2.83. The molecule has 0 aliphatic rings. The molecule has 0 saturated carbocycles. The Hall–Kier alpha value is -1.24. The molecule has 0 saturated heterocycles. The predicted octanol–water partition coefficient (Wildman–Crippen LogP) is 3.89. The van der Waals surface area contributed by atoms with Crippen molar-refractivity contribution in [2.45, 2.75) is 6.54 Å². The number of thiophene rings is 1. The smallest absolute Gasteiger partial charge is 0.172 e. The number of hydrogen-bond acceptors (Lipinski definition) is 4. The van der Waals surface area contributed by atoms with Crippen molar-refractivity contribution in [2.24, 2.45) is 10.9 Å². The summed E-state index contributed by atoms with van der Waals surface area (Å²) in [6.45, 7) is 0.694. The monoisotopic (exact) mass is 373 g/mol. The van der Waals surface area contributed by atoms with Gasteiger partial charge in [0.15, 0.2) is 5.84 Å². The van der Waals surface area contributed by atoms with E-state index in [0.717, 1.165) is 19.4 Å². The lowest BCUT2D eigenvalue weighted by Crippen LogP contribution is -2.22. The van der Waals surface area contributed by atoms with Crippen LogP contribution in [0, 0.1) is 0 Å². The van der Waals surface area contributed by atoms with Gasteiger partial charge in [0.2, 0.25) is 0 Å². The minimum atomic E-state index is 0.0866. The van der Waals surface area contributed by atoms with Crippen LogP contribution in [-0.2, 0) is 6.54 Å². The molecule has 0 fully saturated rings. The summed E-state index contributed by atoms with van der Waals surface area (Å²) in [6.07, 6.45) is 0. The summed E-state index contributed by atoms with van der Waals surface area (Å²) in [5.41, 5.74) is 7.28. The highest BCUT2D eigenvalue weighted by molar-refractivity contribution is 9.10. The molecule has 0 aliphatic carbocycles. The standard InChI is InChI=1S/C13H13BrClN3OS/c1-18(7-9-3-5-12(15)20-9)11-6-8(14)2-4-10(11)13(16)17-19/h2-6,19H,7H2,1H3,(H2,16,17). The van der Waals surface area contributed by atoms with E-state index >= 15 is 0 Å². The van der Waals surface area contributed by atoms with Crippen LogP contribution in [0.2, 0.25) is 4.34 Å². The van der Waals surface area contributed by atoms with Gasteiger partial charge in [0.05, 0.1) is 10.9 Å². The normalized spacial score (nSPS) is 11.7. The SMILES string of the molecule is CN(Cc1ccc(Cl)s1)c1cc(Br)ccc1/C(N)=N/O. The van der Waals surface area contributed by atoms with E-state index in [1.807, 2.05) is 42.3 Å². The van der Waals surface area contributed by atoms with Crippen molar-refractivity contribution >= 4 is 50.4 Å².